The van der Waals surface area contributed by atoms with Gasteiger partial charge < -0.3 is 65.1 Å². The summed E-state index contributed by atoms with van der Waals surface area (Å²) in [6.07, 6.45) is 43.8. The van der Waals surface area contributed by atoms with E-state index < -0.39 is 86.8 Å². The van der Waals surface area contributed by atoms with Crippen LogP contribution in [0.15, 0.2) is 24.3 Å². The van der Waals surface area contributed by atoms with Crippen LogP contribution in [0.4, 0.5) is 0 Å². The van der Waals surface area contributed by atoms with Crippen molar-refractivity contribution in [3.8, 4) is 0 Å². The molecule has 14 heteroatoms. The molecule has 2 aliphatic heterocycles. The molecule has 2 rings (SSSR count). The number of rotatable bonds is 53. The van der Waals surface area contributed by atoms with Gasteiger partial charge in [0, 0.05) is 6.42 Å². The third-order valence-electron chi connectivity index (χ3n) is 16.2. The molecule has 12 atom stereocenters. The lowest BCUT2D eigenvalue weighted by Gasteiger charge is -2.46. The number of carbonyl (C=O) groups is 1. The van der Waals surface area contributed by atoms with Crippen LogP contribution >= 0.6 is 0 Å². The van der Waals surface area contributed by atoms with Gasteiger partial charge in [0.15, 0.2) is 12.6 Å². The van der Waals surface area contributed by atoms with Crippen molar-refractivity contribution in [2.24, 2.45) is 0 Å². The van der Waals surface area contributed by atoms with Crippen LogP contribution in [-0.2, 0) is 23.7 Å². The fourth-order valence-electron chi connectivity index (χ4n) is 10.9. The number of hydrogen-bond acceptors (Lipinski definition) is 13. The van der Waals surface area contributed by atoms with E-state index in [2.05, 4.69) is 43.5 Å². The van der Waals surface area contributed by atoms with Crippen molar-refractivity contribution < 1.29 is 64.6 Å². The van der Waals surface area contributed by atoms with E-state index in [0.717, 1.165) is 57.8 Å². The molecule has 12 unspecified atom stereocenters. The van der Waals surface area contributed by atoms with Crippen LogP contribution in [0.3, 0.4) is 0 Å². The summed E-state index contributed by atoms with van der Waals surface area (Å²) < 4.78 is 22.8. The van der Waals surface area contributed by atoms with Crippen molar-refractivity contribution >= 4 is 5.91 Å². The van der Waals surface area contributed by atoms with Gasteiger partial charge in [0.1, 0.15) is 48.8 Å². The van der Waals surface area contributed by atoms with E-state index in [1.807, 2.05) is 0 Å². The second-order valence-corrected chi connectivity index (χ2v) is 23.2. The number of aliphatic hydroxyl groups is 8. The summed E-state index contributed by atoms with van der Waals surface area (Å²) in [6.45, 7) is 2.84. The first-order valence-electron chi connectivity index (χ1n) is 32.6. The molecular weight excluding hydrogens is 991 g/mol. The third kappa shape index (κ3) is 34.8. The van der Waals surface area contributed by atoms with Gasteiger partial charge in [-0.05, 0) is 44.9 Å². The van der Waals surface area contributed by atoms with Gasteiger partial charge in [0.05, 0.1) is 32.0 Å². The lowest BCUT2D eigenvalue weighted by atomic mass is 9.97. The van der Waals surface area contributed by atoms with E-state index in [0.29, 0.717) is 12.8 Å². The highest BCUT2D eigenvalue weighted by molar-refractivity contribution is 5.76. The highest BCUT2D eigenvalue weighted by atomic mass is 16.7. The number of unbranched alkanes of at least 4 members (excludes halogenated alkanes) is 36. The molecule has 78 heavy (non-hydrogen) atoms. The van der Waals surface area contributed by atoms with Crippen LogP contribution in [0.1, 0.15) is 284 Å². The van der Waals surface area contributed by atoms with Gasteiger partial charge in [-0.15, -0.1) is 0 Å². The van der Waals surface area contributed by atoms with Gasteiger partial charge >= 0.3 is 0 Å². The maximum atomic E-state index is 13.2. The van der Waals surface area contributed by atoms with Crippen LogP contribution in [0.2, 0.25) is 0 Å². The molecule has 2 fully saturated rings. The number of allylic oxidation sites excluding steroid dienone is 4. The van der Waals surface area contributed by atoms with Crippen molar-refractivity contribution in [2.75, 3.05) is 19.8 Å². The van der Waals surface area contributed by atoms with E-state index in [9.17, 15) is 45.6 Å². The average Bonchev–Trinajstić information content (AvgIpc) is 3.44. The van der Waals surface area contributed by atoms with E-state index in [1.165, 1.54) is 199 Å². The topological polar surface area (TPSA) is 228 Å². The number of amides is 1. The average molecular weight is 1110 g/mol. The summed E-state index contributed by atoms with van der Waals surface area (Å²) in [5.41, 5.74) is 0. The summed E-state index contributed by atoms with van der Waals surface area (Å²) in [6, 6.07) is -0.823. The molecule has 14 nitrogen and oxygen atoms in total. The molecule has 9 N–H and O–H groups in total. The van der Waals surface area contributed by atoms with Crippen LogP contribution in [-0.4, -0.2) is 140 Å². The molecule has 2 saturated heterocycles. The Bertz CT molecular complexity index is 1400. The van der Waals surface area contributed by atoms with E-state index in [1.54, 1.807) is 0 Å². The highest BCUT2D eigenvalue weighted by Gasteiger charge is 2.51. The van der Waals surface area contributed by atoms with Gasteiger partial charge in [0.2, 0.25) is 5.91 Å². The number of ether oxygens (including phenoxy) is 4. The smallest absolute Gasteiger partial charge is 0.220 e. The lowest BCUT2D eigenvalue weighted by Crippen LogP contribution is -2.65. The molecule has 0 aromatic heterocycles. The standard InChI is InChI=1S/C64H121NO13/c1-3-5-7-9-11-13-14-15-16-17-18-19-20-21-22-23-24-25-26-27-28-29-30-31-32-33-34-35-36-37-38-40-42-44-46-48-56(69)65-52(53(68)47-45-43-41-39-12-10-8-6-4-2)51-75-63-61(74)59(72)62(55(50-67)77-63)78-64-60(73)58(71)57(70)54(49-66)76-64/h14-15,17-18,52-55,57-64,66-68,70-74H,3-13,16,19-51H2,1-2H3,(H,65,69)/b15-14-,18-17-. The maximum absolute atomic E-state index is 13.2. The molecule has 0 aromatic rings. The van der Waals surface area contributed by atoms with Crippen molar-refractivity contribution in [3.63, 3.8) is 0 Å². The molecule has 0 bridgehead atoms. The first kappa shape index (κ1) is 72.6. The second-order valence-electron chi connectivity index (χ2n) is 23.2. The molecule has 0 spiro atoms. The molecule has 1 amide bonds. The van der Waals surface area contributed by atoms with Crippen molar-refractivity contribution in [1.29, 1.82) is 0 Å². The van der Waals surface area contributed by atoms with Gasteiger partial charge in [-0.25, -0.2) is 0 Å². The van der Waals surface area contributed by atoms with Crippen LogP contribution in [0.25, 0.3) is 0 Å². The summed E-state index contributed by atoms with van der Waals surface area (Å²) in [5.74, 6) is -0.204. The van der Waals surface area contributed by atoms with Gasteiger partial charge in [-0.2, -0.15) is 0 Å². The molecular formula is C64H121NO13. The largest absolute Gasteiger partial charge is 0.394 e. The number of hydrogen-bond donors (Lipinski definition) is 9. The monoisotopic (exact) mass is 1110 g/mol. The first-order valence-corrected chi connectivity index (χ1v) is 32.6. The number of aliphatic hydroxyl groups excluding tert-OH is 8. The Kier molecular flexibility index (Phi) is 46.5. The Balaban J connectivity index is 1.55. The van der Waals surface area contributed by atoms with E-state index in [4.69, 9.17) is 18.9 Å². The van der Waals surface area contributed by atoms with Crippen molar-refractivity contribution in [2.45, 2.75) is 357 Å². The molecule has 460 valence electrons. The Morgan fingerprint density at radius 1 is 0.462 bits per heavy atom. The fraction of sp³-hybridized carbons (Fsp3) is 0.922. The molecule has 0 radical (unpaired) electrons. The van der Waals surface area contributed by atoms with Crippen molar-refractivity contribution in [1.82, 2.24) is 5.32 Å². The zero-order valence-corrected chi connectivity index (χ0v) is 49.7. The first-order chi connectivity index (χ1) is 38.1. The van der Waals surface area contributed by atoms with Crippen LogP contribution < -0.4 is 5.32 Å². The van der Waals surface area contributed by atoms with Gasteiger partial charge in [-0.3, -0.25) is 4.79 Å². The van der Waals surface area contributed by atoms with E-state index in [-0.39, 0.29) is 12.5 Å². The fourth-order valence-corrected chi connectivity index (χ4v) is 10.9. The molecule has 0 saturated carbocycles. The predicted octanol–water partition coefficient (Wildman–Crippen LogP) is 12.0. The van der Waals surface area contributed by atoms with Crippen molar-refractivity contribution in [3.05, 3.63) is 24.3 Å². The minimum absolute atomic E-state index is 0.204. The Labute approximate surface area is 475 Å². The van der Waals surface area contributed by atoms with E-state index >= 15 is 0 Å². The maximum Gasteiger partial charge on any atom is 0.220 e. The number of carbonyl (C=O) groups excluding carboxylic acids is 1. The summed E-state index contributed by atoms with van der Waals surface area (Å²) in [5, 5.41) is 87.0. The SMILES string of the molecule is CCCCCCC/C=C\C/C=C\CCCCCCCCCCCCCCCCCCCCCCCCCC(=O)NC(COC1OC(CO)C(OC2OC(CO)C(O)C(O)C2O)C(O)C1O)C(O)CCCCCCCCCCC. The molecule has 0 aliphatic carbocycles. The van der Waals surface area contributed by atoms with Gasteiger partial charge in [0.25, 0.3) is 0 Å². The van der Waals surface area contributed by atoms with Crippen LogP contribution in [0, 0.1) is 0 Å². The lowest BCUT2D eigenvalue weighted by molar-refractivity contribution is -0.359. The summed E-state index contributed by atoms with van der Waals surface area (Å²) in [7, 11) is 0. The molecule has 2 heterocycles. The Morgan fingerprint density at radius 3 is 1.28 bits per heavy atom. The third-order valence-corrected chi connectivity index (χ3v) is 16.2. The summed E-state index contributed by atoms with van der Waals surface area (Å²) in [4.78, 5) is 13.2. The Hall–Kier alpha value is -1.53. The zero-order valence-electron chi connectivity index (χ0n) is 49.7. The Morgan fingerprint density at radius 2 is 0.846 bits per heavy atom. The van der Waals surface area contributed by atoms with Gasteiger partial charge in [-0.1, -0.05) is 256 Å². The molecule has 2 aliphatic rings. The minimum atomic E-state index is -1.78. The van der Waals surface area contributed by atoms with Crippen LogP contribution in [0.5, 0.6) is 0 Å². The second kappa shape index (κ2) is 50.0. The summed E-state index contributed by atoms with van der Waals surface area (Å²) >= 11 is 0. The predicted molar refractivity (Wildman–Crippen MR) is 314 cm³/mol. The minimum Gasteiger partial charge on any atom is -0.394 e. The normalized spacial score (nSPS) is 24.6. The molecule has 0 aromatic carbocycles. The quantitative estimate of drug-likeness (QED) is 0.0204. The number of nitrogens with one attached hydrogen (secondary N) is 1. The zero-order chi connectivity index (χ0) is 56.7. The highest BCUT2D eigenvalue weighted by Crippen LogP contribution is 2.30.